The van der Waals surface area contributed by atoms with Gasteiger partial charge in [-0.2, -0.15) is 11.8 Å². The van der Waals surface area contributed by atoms with Crippen molar-refractivity contribution in [1.29, 1.82) is 0 Å². The number of carbonyl (C=O) groups is 2. The van der Waals surface area contributed by atoms with Gasteiger partial charge in [0.15, 0.2) is 5.76 Å². The van der Waals surface area contributed by atoms with Crippen LogP contribution in [0.1, 0.15) is 48.6 Å². The highest BCUT2D eigenvalue weighted by molar-refractivity contribution is 7.98. The number of aliphatic hydroxyl groups is 1. The number of unbranched alkanes of at least 4 members (excludes halogenated alkanes) is 1. The first kappa shape index (κ1) is 19.8. The molecule has 0 spiro atoms. The Balaban J connectivity index is 2.01. The Morgan fingerprint density at radius 3 is 2.68 bits per heavy atom. The number of hydrogen-bond donors (Lipinski definition) is 1. The van der Waals surface area contributed by atoms with Crippen LogP contribution in [0.4, 0.5) is 0 Å². The van der Waals surface area contributed by atoms with E-state index in [2.05, 4.69) is 6.92 Å². The fourth-order valence-electron chi connectivity index (χ4n) is 2.81. The number of aryl methyl sites for hydroxylation is 1. The minimum Gasteiger partial charge on any atom is -0.456 e. The van der Waals surface area contributed by atoms with Gasteiger partial charge in [0, 0.05) is 44.4 Å². The minimum absolute atomic E-state index is 0.0893. The molecule has 0 bridgehead atoms. The lowest BCUT2D eigenvalue weighted by molar-refractivity contribution is -0.129. The standard InChI is InChI=1S/C18H28N2O4S/c1-4-5-8-25-12-15-9-17(24-13(15)2)18(23)20-7-6-19(14(3)21)10-16(22)11-20/h9,16,22H,4-8,10-12H2,1-3H3/t16-/m1/s1. The number of β-amino-alcohol motifs (C(OH)–C–C–N with tert-alkyl or cyclic N) is 1. The Morgan fingerprint density at radius 2 is 2.00 bits per heavy atom. The molecule has 0 saturated carbocycles. The first-order valence-electron chi connectivity index (χ1n) is 8.82. The largest absolute Gasteiger partial charge is 0.456 e. The predicted molar refractivity (Wildman–Crippen MR) is 98.7 cm³/mol. The van der Waals surface area contributed by atoms with Gasteiger partial charge in [-0.05, 0) is 25.2 Å². The van der Waals surface area contributed by atoms with Crippen LogP contribution in [0.5, 0.6) is 0 Å². The quantitative estimate of drug-likeness (QED) is 0.780. The smallest absolute Gasteiger partial charge is 0.289 e. The molecule has 1 aliphatic rings. The average molecular weight is 368 g/mol. The van der Waals surface area contributed by atoms with Crippen LogP contribution in [0, 0.1) is 6.92 Å². The third-order valence-electron chi connectivity index (χ3n) is 4.37. The fourth-order valence-corrected chi connectivity index (χ4v) is 3.96. The number of hydrogen-bond acceptors (Lipinski definition) is 5. The Morgan fingerprint density at radius 1 is 1.32 bits per heavy atom. The maximum absolute atomic E-state index is 12.7. The summed E-state index contributed by atoms with van der Waals surface area (Å²) in [6.45, 7) is 6.82. The lowest BCUT2D eigenvalue weighted by Crippen LogP contribution is -2.37. The van der Waals surface area contributed by atoms with E-state index in [9.17, 15) is 14.7 Å². The molecule has 0 radical (unpaired) electrons. The lowest BCUT2D eigenvalue weighted by Gasteiger charge is -2.20. The molecule has 1 aliphatic heterocycles. The SMILES string of the molecule is CCCCSCc1cc(C(=O)N2CCN(C(C)=O)C[C@@H](O)C2)oc1C. The van der Waals surface area contributed by atoms with Crippen LogP contribution >= 0.6 is 11.8 Å². The van der Waals surface area contributed by atoms with Gasteiger partial charge in [0.25, 0.3) is 5.91 Å². The van der Waals surface area contributed by atoms with Crippen LogP contribution < -0.4 is 0 Å². The molecule has 25 heavy (non-hydrogen) atoms. The predicted octanol–water partition coefficient (Wildman–Crippen LogP) is 2.29. The van der Waals surface area contributed by atoms with Gasteiger partial charge in [0.2, 0.25) is 5.91 Å². The molecule has 7 heteroatoms. The minimum atomic E-state index is -0.740. The van der Waals surface area contributed by atoms with E-state index in [0.29, 0.717) is 18.8 Å². The highest BCUT2D eigenvalue weighted by Crippen LogP contribution is 2.22. The summed E-state index contributed by atoms with van der Waals surface area (Å²) >= 11 is 1.84. The molecule has 1 atom stereocenters. The van der Waals surface area contributed by atoms with E-state index in [-0.39, 0.29) is 24.9 Å². The summed E-state index contributed by atoms with van der Waals surface area (Å²) in [5, 5.41) is 10.1. The van der Waals surface area contributed by atoms with Gasteiger partial charge < -0.3 is 19.3 Å². The van der Waals surface area contributed by atoms with Crippen molar-refractivity contribution in [2.75, 3.05) is 31.9 Å². The Kier molecular flexibility index (Phi) is 7.38. The molecule has 2 heterocycles. The zero-order chi connectivity index (χ0) is 18.4. The second kappa shape index (κ2) is 9.29. The molecule has 1 saturated heterocycles. The molecular formula is C18H28N2O4S. The van der Waals surface area contributed by atoms with Crippen molar-refractivity contribution in [2.45, 2.75) is 45.5 Å². The van der Waals surface area contributed by atoms with Crippen molar-refractivity contribution in [3.63, 3.8) is 0 Å². The van der Waals surface area contributed by atoms with Gasteiger partial charge in [-0.15, -0.1) is 0 Å². The van der Waals surface area contributed by atoms with E-state index < -0.39 is 6.10 Å². The summed E-state index contributed by atoms with van der Waals surface area (Å²) < 4.78 is 5.67. The second-order valence-corrected chi connectivity index (χ2v) is 7.57. The number of thioether (sulfide) groups is 1. The molecule has 0 unspecified atom stereocenters. The molecule has 1 fully saturated rings. The monoisotopic (exact) mass is 368 g/mol. The Hall–Kier alpha value is -1.47. The van der Waals surface area contributed by atoms with E-state index in [0.717, 1.165) is 22.8 Å². The Bertz CT molecular complexity index is 602. The first-order valence-corrected chi connectivity index (χ1v) is 9.97. The van der Waals surface area contributed by atoms with Crippen LogP contribution in [0.25, 0.3) is 0 Å². The average Bonchev–Trinajstić information content (AvgIpc) is 2.81. The maximum atomic E-state index is 12.7. The summed E-state index contributed by atoms with van der Waals surface area (Å²) in [5.74, 6) is 2.71. The molecule has 1 aromatic heterocycles. The van der Waals surface area contributed by atoms with Crippen molar-refractivity contribution >= 4 is 23.6 Å². The Labute approximate surface area is 153 Å². The highest BCUT2D eigenvalue weighted by Gasteiger charge is 2.28. The van der Waals surface area contributed by atoms with Crippen LogP contribution in [0.15, 0.2) is 10.5 Å². The van der Waals surface area contributed by atoms with Crippen molar-refractivity contribution in [2.24, 2.45) is 0 Å². The number of amides is 2. The number of nitrogens with zero attached hydrogens (tertiary/aromatic N) is 2. The molecule has 2 rings (SSSR count). The number of carbonyl (C=O) groups excluding carboxylic acids is 2. The molecule has 0 aliphatic carbocycles. The van der Waals surface area contributed by atoms with Crippen molar-refractivity contribution in [1.82, 2.24) is 9.80 Å². The zero-order valence-electron chi connectivity index (χ0n) is 15.3. The lowest BCUT2D eigenvalue weighted by atomic mass is 10.2. The summed E-state index contributed by atoms with van der Waals surface area (Å²) in [4.78, 5) is 27.4. The summed E-state index contributed by atoms with van der Waals surface area (Å²) in [5.41, 5.74) is 1.05. The van der Waals surface area contributed by atoms with E-state index in [1.807, 2.05) is 24.8 Å². The van der Waals surface area contributed by atoms with Crippen molar-refractivity contribution in [3.05, 3.63) is 23.2 Å². The van der Waals surface area contributed by atoms with E-state index >= 15 is 0 Å². The summed E-state index contributed by atoms with van der Waals surface area (Å²) in [7, 11) is 0. The number of rotatable bonds is 6. The first-order chi connectivity index (χ1) is 11.9. The van der Waals surface area contributed by atoms with E-state index in [4.69, 9.17) is 4.42 Å². The second-order valence-electron chi connectivity index (χ2n) is 6.47. The summed E-state index contributed by atoms with van der Waals surface area (Å²) in [6.07, 6.45) is 1.62. The molecule has 1 aromatic rings. The van der Waals surface area contributed by atoms with Crippen LogP contribution in [-0.2, 0) is 10.5 Å². The molecule has 140 valence electrons. The van der Waals surface area contributed by atoms with E-state index in [1.165, 1.54) is 19.8 Å². The molecule has 1 N–H and O–H groups in total. The van der Waals surface area contributed by atoms with E-state index in [1.54, 1.807) is 9.80 Å². The van der Waals surface area contributed by atoms with Crippen molar-refractivity contribution in [3.8, 4) is 0 Å². The van der Waals surface area contributed by atoms with Gasteiger partial charge >= 0.3 is 0 Å². The topological polar surface area (TPSA) is 74.0 Å². The molecule has 0 aromatic carbocycles. The molecule has 6 nitrogen and oxygen atoms in total. The number of furan rings is 1. The van der Waals surface area contributed by atoms with Gasteiger partial charge in [-0.3, -0.25) is 9.59 Å². The highest BCUT2D eigenvalue weighted by atomic mass is 32.2. The van der Waals surface area contributed by atoms with Gasteiger partial charge in [-0.25, -0.2) is 0 Å². The third-order valence-corrected chi connectivity index (χ3v) is 5.46. The van der Waals surface area contributed by atoms with Gasteiger partial charge in [-0.1, -0.05) is 13.3 Å². The van der Waals surface area contributed by atoms with Crippen LogP contribution in [0.2, 0.25) is 0 Å². The van der Waals surface area contributed by atoms with Gasteiger partial charge in [0.05, 0.1) is 6.10 Å². The zero-order valence-corrected chi connectivity index (χ0v) is 16.1. The van der Waals surface area contributed by atoms with Gasteiger partial charge in [0.1, 0.15) is 5.76 Å². The van der Waals surface area contributed by atoms with Crippen molar-refractivity contribution < 1.29 is 19.1 Å². The normalized spacial score (nSPS) is 18.3. The number of aliphatic hydroxyl groups excluding tert-OH is 1. The molecule has 2 amide bonds. The third kappa shape index (κ3) is 5.51. The van der Waals surface area contributed by atoms with Crippen LogP contribution in [-0.4, -0.2) is 64.8 Å². The summed E-state index contributed by atoms with van der Waals surface area (Å²) in [6, 6.07) is 1.82. The molecular weight excluding hydrogens is 340 g/mol. The maximum Gasteiger partial charge on any atom is 0.289 e. The van der Waals surface area contributed by atoms with Crippen LogP contribution in [0.3, 0.4) is 0 Å². The fraction of sp³-hybridized carbons (Fsp3) is 0.667.